The molecule has 1 atom stereocenters. The summed E-state index contributed by atoms with van der Waals surface area (Å²) in [5.41, 5.74) is 2.73. The van der Waals surface area contributed by atoms with Crippen molar-refractivity contribution >= 4 is 5.97 Å². The summed E-state index contributed by atoms with van der Waals surface area (Å²) >= 11 is 0. The first-order valence-corrected chi connectivity index (χ1v) is 9.25. The largest absolute Gasteiger partial charge is 0.507 e. The van der Waals surface area contributed by atoms with Crippen LogP contribution in [0.1, 0.15) is 77.9 Å². The van der Waals surface area contributed by atoms with Gasteiger partial charge in [-0.2, -0.15) is 0 Å². The summed E-state index contributed by atoms with van der Waals surface area (Å²) in [6, 6.07) is 11.3. The Morgan fingerprint density at radius 1 is 1.12 bits per heavy atom. The van der Waals surface area contributed by atoms with E-state index >= 15 is 0 Å². The molecule has 0 heterocycles. The molecule has 4 heteroatoms. The molecule has 2 N–H and O–H groups in total. The maximum atomic E-state index is 11.7. The molecule has 1 aliphatic carbocycles. The molecule has 4 nitrogen and oxygen atoms in total. The second-order valence-corrected chi connectivity index (χ2v) is 7.14. The van der Waals surface area contributed by atoms with Gasteiger partial charge in [-0.3, -0.25) is 0 Å². The quantitative estimate of drug-likeness (QED) is 0.765. The summed E-state index contributed by atoms with van der Waals surface area (Å²) in [6.45, 7) is 1.99. The lowest BCUT2D eigenvalue weighted by Gasteiger charge is -2.25. The van der Waals surface area contributed by atoms with Crippen LogP contribution in [0.15, 0.2) is 36.4 Å². The number of aromatic hydroxyl groups is 1. The lowest BCUT2D eigenvalue weighted by atomic mass is 9.81. The molecule has 0 aliphatic heterocycles. The number of carbonyl (C=O) groups is 1. The summed E-state index contributed by atoms with van der Waals surface area (Å²) in [7, 11) is 1.62. The van der Waals surface area contributed by atoms with Gasteiger partial charge in [0, 0.05) is 11.5 Å². The van der Waals surface area contributed by atoms with E-state index in [1.807, 2.05) is 37.3 Å². The predicted octanol–water partition coefficient (Wildman–Crippen LogP) is 5.30. The summed E-state index contributed by atoms with van der Waals surface area (Å²) in [4.78, 5) is 11.7. The molecule has 0 bridgehead atoms. The Balaban J connectivity index is 2.02. The minimum absolute atomic E-state index is 0.00318. The summed E-state index contributed by atoms with van der Waals surface area (Å²) in [5.74, 6) is -0.164. The van der Waals surface area contributed by atoms with Crippen LogP contribution < -0.4 is 4.74 Å². The number of methoxy groups -OCH3 is 1. The smallest absolute Gasteiger partial charge is 0.339 e. The van der Waals surface area contributed by atoms with E-state index in [0.717, 1.165) is 29.7 Å². The van der Waals surface area contributed by atoms with Gasteiger partial charge in [-0.05, 0) is 48.1 Å². The summed E-state index contributed by atoms with van der Waals surface area (Å²) in [5, 5.41) is 20.2. The van der Waals surface area contributed by atoms with Crippen molar-refractivity contribution in [3.05, 3.63) is 58.7 Å². The van der Waals surface area contributed by atoms with Gasteiger partial charge in [0.2, 0.25) is 0 Å². The first kappa shape index (κ1) is 18.3. The fourth-order valence-electron chi connectivity index (χ4n) is 3.92. The van der Waals surface area contributed by atoms with Crippen LogP contribution in [0, 0.1) is 0 Å². The number of rotatable bonds is 5. The van der Waals surface area contributed by atoms with Crippen molar-refractivity contribution in [1.29, 1.82) is 0 Å². The van der Waals surface area contributed by atoms with Crippen molar-refractivity contribution in [3.8, 4) is 11.5 Å². The molecule has 0 aromatic heterocycles. The molecule has 2 aromatic rings. The van der Waals surface area contributed by atoms with E-state index in [9.17, 15) is 15.0 Å². The Kier molecular flexibility index (Phi) is 5.50. The molecule has 3 rings (SSSR count). The van der Waals surface area contributed by atoms with Crippen LogP contribution in [0.2, 0.25) is 0 Å². The molecule has 1 saturated carbocycles. The van der Waals surface area contributed by atoms with Gasteiger partial charge in [0.15, 0.2) is 0 Å². The molecule has 1 unspecified atom stereocenters. The monoisotopic (exact) mass is 354 g/mol. The van der Waals surface area contributed by atoms with Crippen LogP contribution in [-0.2, 0) is 0 Å². The zero-order valence-corrected chi connectivity index (χ0v) is 15.4. The van der Waals surface area contributed by atoms with E-state index < -0.39 is 5.97 Å². The number of hydrogen-bond donors (Lipinski definition) is 2. The molecule has 0 spiro atoms. The van der Waals surface area contributed by atoms with Crippen LogP contribution in [0.25, 0.3) is 0 Å². The van der Waals surface area contributed by atoms with E-state index in [-0.39, 0.29) is 17.2 Å². The van der Waals surface area contributed by atoms with Gasteiger partial charge in [0.25, 0.3) is 0 Å². The van der Waals surface area contributed by atoms with E-state index in [0.29, 0.717) is 11.5 Å². The van der Waals surface area contributed by atoms with Gasteiger partial charge < -0.3 is 14.9 Å². The second kappa shape index (κ2) is 7.81. The molecule has 0 amide bonds. The Labute approximate surface area is 154 Å². The van der Waals surface area contributed by atoms with Crippen molar-refractivity contribution in [3.63, 3.8) is 0 Å². The minimum atomic E-state index is -1.08. The average Bonchev–Trinajstić information content (AvgIpc) is 2.68. The zero-order chi connectivity index (χ0) is 18.7. The Morgan fingerprint density at radius 3 is 2.35 bits per heavy atom. The maximum Gasteiger partial charge on any atom is 0.339 e. The van der Waals surface area contributed by atoms with Crippen molar-refractivity contribution in [2.45, 2.75) is 50.9 Å². The Bertz CT molecular complexity index is 773. The number of ether oxygens (including phenoxy) is 1. The van der Waals surface area contributed by atoms with Crippen LogP contribution >= 0.6 is 0 Å². The molecular weight excluding hydrogens is 328 g/mol. The van der Waals surface area contributed by atoms with Gasteiger partial charge in [-0.15, -0.1) is 0 Å². The summed E-state index contributed by atoms with van der Waals surface area (Å²) < 4.78 is 5.20. The van der Waals surface area contributed by atoms with Gasteiger partial charge in [0.05, 0.1) is 7.11 Å². The number of aromatic carboxylic acids is 1. The predicted molar refractivity (Wildman–Crippen MR) is 101 cm³/mol. The Hall–Kier alpha value is -2.49. The van der Waals surface area contributed by atoms with E-state index in [4.69, 9.17) is 4.74 Å². The zero-order valence-electron chi connectivity index (χ0n) is 15.4. The fraction of sp³-hybridized carbons (Fsp3) is 0.409. The highest BCUT2D eigenvalue weighted by Crippen LogP contribution is 2.40. The molecule has 26 heavy (non-hydrogen) atoms. The second-order valence-electron chi connectivity index (χ2n) is 7.14. The van der Waals surface area contributed by atoms with Crippen LogP contribution in [0.5, 0.6) is 11.5 Å². The molecule has 1 aliphatic rings. The summed E-state index contributed by atoms with van der Waals surface area (Å²) in [6.07, 6.45) is 5.77. The maximum absolute atomic E-state index is 11.7. The molecule has 2 aromatic carbocycles. The first-order valence-electron chi connectivity index (χ1n) is 9.25. The minimum Gasteiger partial charge on any atom is -0.507 e. The number of carboxylic acid groups (broad SMARTS) is 1. The Morgan fingerprint density at radius 2 is 1.77 bits per heavy atom. The van der Waals surface area contributed by atoms with Gasteiger partial charge in [-0.1, -0.05) is 44.4 Å². The third-order valence-electron chi connectivity index (χ3n) is 5.55. The fourth-order valence-corrected chi connectivity index (χ4v) is 3.92. The van der Waals surface area contributed by atoms with E-state index in [2.05, 4.69) is 0 Å². The number of benzene rings is 2. The van der Waals surface area contributed by atoms with Gasteiger partial charge in [-0.25, -0.2) is 4.79 Å². The average molecular weight is 354 g/mol. The first-order chi connectivity index (χ1) is 12.5. The topological polar surface area (TPSA) is 66.8 Å². The van der Waals surface area contributed by atoms with Gasteiger partial charge in [0.1, 0.15) is 17.1 Å². The number of hydrogen-bond acceptors (Lipinski definition) is 3. The lowest BCUT2D eigenvalue weighted by Crippen LogP contribution is -2.09. The lowest BCUT2D eigenvalue weighted by molar-refractivity contribution is 0.0693. The molecule has 1 fully saturated rings. The van der Waals surface area contributed by atoms with Crippen LogP contribution in [0.4, 0.5) is 0 Å². The number of carboxylic acids is 1. The van der Waals surface area contributed by atoms with Crippen LogP contribution in [0.3, 0.4) is 0 Å². The molecule has 0 saturated heterocycles. The third kappa shape index (κ3) is 3.69. The van der Waals surface area contributed by atoms with Gasteiger partial charge >= 0.3 is 5.97 Å². The number of phenols is 1. The third-order valence-corrected chi connectivity index (χ3v) is 5.55. The van der Waals surface area contributed by atoms with E-state index in [1.54, 1.807) is 13.2 Å². The molecule has 0 radical (unpaired) electrons. The van der Waals surface area contributed by atoms with Crippen molar-refractivity contribution in [1.82, 2.24) is 0 Å². The van der Waals surface area contributed by atoms with Crippen molar-refractivity contribution in [2.75, 3.05) is 7.11 Å². The SMILES string of the molecule is COc1ccc(C(C)c2cc(C3CCCCC3)cc(C(=O)O)c2O)cc1. The standard InChI is InChI=1S/C22H26O4/c1-14(15-8-10-18(26-2)11-9-15)19-12-17(16-6-4-3-5-7-16)13-20(21(19)23)22(24)25/h8-14,16,23H,3-7H2,1-2H3,(H,24,25). The normalized spacial score (nSPS) is 16.2. The highest BCUT2D eigenvalue weighted by Gasteiger charge is 2.24. The molecular formula is C22H26O4. The van der Waals surface area contributed by atoms with Crippen LogP contribution in [-0.4, -0.2) is 23.3 Å². The van der Waals surface area contributed by atoms with Crippen molar-refractivity contribution in [2.24, 2.45) is 0 Å². The highest BCUT2D eigenvalue weighted by molar-refractivity contribution is 5.91. The van der Waals surface area contributed by atoms with Crippen molar-refractivity contribution < 1.29 is 19.7 Å². The highest BCUT2D eigenvalue weighted by atomic mass is 16.5. The van der Waals surface area contributed by atoms with E-state index in [1.165, 1.54) is 19.3 Å². The molecule has 138 valence electrons.